The molecule has 0 unspecified atom stereocenters. The lowest BCUT2D eigenvalue weighted by Crippen LogP contribution is -2.21. The summed E-state index contributed by atoms with van der Waals surface area (Å²) in [6.45, 7) is 0. The minimum Gasteiger partial charge on any atom is -0.459 e. The molecule has 1 aromatic carbocycles. The van der Waals surface area contributed by atoms with Crippen LogP contribution in [-0.4, -0.2) is 18.5 Å². The number of hydrogen-bond donors (Lipinski definition) is 1. The van der Waals surface area contributed by atoms with Crippen molar-refractivity contribution in [2.45, 2.75) is 38.2 Å². The normalized spacial score (nSPS) is 16.0. The number of rotatable bonds is 4. The van der Waals surface area contributed by atoms with Crippen LogP contribution in [0.3, 0.4) is 0 Å². The fourth-order valence-corrected chi connectivity index (χ4v) is 2.25. The van der Waals surface area contributed by atoms with Gasteiger partial charge in [0.2, 0.25) is 6.41 Å². The summed E-state index contributed by atoms with van der Waals surface area (Å²) in [6, 6.07) is 6.87. The Morgan fingerprint density at radius 3 is 2.67 bits per heavy atom. The summed E-state index contributed by atoms with van der Waals surface area (Å²) in [7, 11) is 0. The maximum Gasteiger partial charge on any atom is 0.340 e. The highest BCUT2D eigenvalue weighted by Gasteiger charge is 2.20. The zero-order valence-corrected chi connectivity index (χ0v) is 10.2. The van der Waals surface area contributed by atoms with Gasteiger partial charge in [-0.1, -0.05) is 18.6 Å². The van der Waals surface area contributed by atoms with Gasteiger partial charge < -0.3 is 10.1 Å². The van der Waals surface area contributed by atoms with Crippen LogP contribution in [0.5, 0.6) is 0 Å². The Morgan fingerprint density at radius 1 is 1.22 bits per heavy atom. The van der Waals surface area contributed by atoms with E-state index in [2.05, 4.69) is 5.32 Å². The van der Waals surface area contributed by atoms with Gasteiger partial charge in [-0.3, -0.25) is 4.79 Å². The molecule has 0 saturated heterocycles. The van der Waals surface area contributed by atoms with Crippen molar-refractivity contribution in [3.8, 4) is 0 Å². The Hall–Kier alpha value is -1.84. The molecule has 0 radical (unpaired) electrons. The van der Waals surface area contributed by atoms with Crippen molar-refractivity contribution in [2.24, 2.45) is 0 Å². The monoisotopic (exact) mass is 247 g/mol. The first-order valence-electron chi connectivity index (χ1n) is 6.31. The largest absolute Gasteiger partial charge is 0.459 e. The highest BCUT2D eigenvalue weighted by atomic mass is 16.5. The number of hydrogen-bond acceptors (Lipinski definition) is 3. The van der Waals surface area contributed by atoms with Gasteiger partial charge in [0.1, 0.15) is 6.10 Å². The maximum atomic E-state index is 12.0. The third-order valence-corrected chi connectivity index (χ3v) is 3.19. The van der Waals surface area contributed by atoms with Crippen LogP contribution in [0.1, 0.15) is 42.5 Å². The highest BCUT2D eigenvalue weighted by molar-refractivity contribution is 5.97. The maximum absolute atomic E-state index is 12.0. The van der Waals surface area contributed by atoms with E-state index in [9.17, 15) is 9.59 Å². The van der Waals surface area contributed by atoms with E-state index in [0.29, 0.717) is 17.7 Å². The first-order chi connectivity index (χ1) is 8.81. The van der Waals surface area contributed by atoms with Gasteiger partial charge in [-0.15, -0.1) is 0 Å². The third-order valence-electron chi connectivity index (χ3n) is 3.19. The number of carbonyl (C=O) groups is 2. The standard InChI is InChI=1S/C14H17NO3/c16-10-15-13-9-5-4-8-12(13)14(17)18-11-6-2-1-3-7-11/h4-5,8-11H,1-3,6-7H2,(H,15,16). The van der Waals surface area contributed by atoms with Gasteiger partial charge in [0.25, 0.3) is 0 Å². The van der Waals surface area contributed by atoms with Crippen molar-refractivity contribution < 1.29 is 14.3 Å². The molecule has 1 aliphatic carbocycles. The first-order valence-corrected chi connectivity index (χ1v) is 6.31. The highest BCUT2D eigenvalue weighted by Crippen LogP contribution is 2.23. The molecule has 0 heterocycles. The summed E-state index contributed by atoms with van der Waals surface area (Å²) in [5.74, 6) is -0.355. The SMILES string of the molecule is O=CNc1ccccc1C(=O)OC1CCCCC1. The number of ether oxygens (including phenoxy) is 1. The van der Waals surface area contributed by atoms with Crippen molar-refractivity contribution in [2.75, 3.05) is 5.32 Å². The molecule has 4 nitrogen and oxygen atoms in total. The van der Waals surface area contributed by atoms with Crippen molar-refractivity contribution in [1.29, 1.82) is 0 Å². The van der Waals surface area contributed by atoms with E-state index in [0.717, 1.165) is 25.7 Å². The van der Waals surface area contributed by atoms with Gasteiger partial charge in [0.15, 0.2) is 0 Å². The molecule has 18 heavy (non-hydrogen) atoms. The molecule has 2 rings (SSSR count). The van der Waals surface area contributed by atoms with Gasteiger partial charge >= 0.3 is 5.97 Å². The van der Waals surface area contributed by atoms with Crippen molar-refractivity contribution >= 4 is 18.1 Å². The quantitative estimate of drug-likeness (QED) is 0.657. The second kappa shape index (κ2) is 6.19. The summed E-state index contributed by atoms with van der Waals surface area (Å²) in [5, 5.41) is 2.51. The molecule has 1 saturated carbocycles. The van der Waals surface area contributed by atoms with Gasteiger partial charge in [0.05, 0.1) is 11.3 Å². The number of amides is 1. The predicted octanol–water partition coefficient (Wildman–Crippen LogP) is 2.74. The summed E-state index contributed by atoms with van der Waals surface area (Å²) >= 11 is 0. The van der Waals surface area contributed by atoms with E-state index < -0.39 is 0 Å². The molecule has 0 aromatic heterocycles. The molecule has 1 N–H and O–H groups in total. The second-order valence-corrected chi connectivity index (χ2v) is 4.47. The molecule has 1 fully saturated rings. The molecule has 1 aromatic rings. The van der Waals surface area contributed by atoms with Crippen LogP contribution >= 0.6 is 0 Å². The van der Waals surface area contributed by atoms with E-state index >= 15 is 0 Å². The molecule has 0 atom stereocenters. The van der Waals surface area contributed by atoms with Crippen LogP contribution in [-0.2, 0) is 9.53 Å². The van der Waals surface area contributed by atoms with E-state index in [-0.39, 0.29) is 12.1 Å². The molecule has 0 aliphatic heterocycles. The molecule has 1 amide bonds. The number of carbonyl (C=O) groups excluding carboxylic acids is 2. The lowest BCUT2D eigenvalue weighted by molar-refractivity contribution is -0.105. The van der Waals surface area contributed by atoms with Crippen molar-refractivity contribution in [1.82, 2.24) is 0 Å². The first kappa shape index (κ1) is 12.6. The van der Waals surface area contributed by atoms with Crippen LogP contribution in [0.15, 0.2) is 24.3 Å². The number of benzene rings is 1. The van der Waals surface area contributed by atoms with Crippen LogP contribution in [0, 0.1) is 0 Å². The van der Waals surface area contributed by atoms with Gasteiger partial charge in [-0.05, 0) is 37.8 Å². The fraction of sp³-hybridized carbons (Fsp3) is 0.429. The summed E-state index contributed by atoms with van der Waals surface area (Å²) < 4.78 is 5.47. The molecule has 4 heteroatoms. The zero-order chi connectivity index (χ0) is 12.8. The predicted molar refractivity (Wildman–Crippen MR) is 68.4 cm³/mol. The molecule has 96 valence electrons. The summed E-state index contributed by atoms with van der Waals surface area (Å²) in [5.41, 5.74) is 0.906. The topological polar surface area (TPSA) is 55.4 Å². The fourth-order valence-electron chi connectivity index (χ4n) is 2.25. The summed E-state index contributed by atoms with van der Waals surface area (Å²) in [4.78, 5) is 22.5. The third kappa shape index (κ3) is 3.09. The van der Waals surface area contributed by atoms with Crippen LogP contribution in [0.25, 0.3) is 0 Å². The Bertz CT molecular complexity index is 425. The van der Waals surface area contributed by atoms with E-state index in [1.54, 1.807) is 24.3 Å². The van der Waals surface area contributed by atoms with Crippen LogP contribution in [0.2, 0.25) is 0 Å². The van der Waals surface area contributed by atoms with Crippen molar-refractivity contribution in [3.63, 3.8) is 0 Å². The summed E-state index contributed by atoms with van der Waals surface area (Å²) in [6.07, 6.45) is 5.92. The van der Waals surface area contributed by atoms with Crippen LogP contribution < -0.4 is 5.32 Å². The van der Waals surface area contributed by atoms with Gasteiger partial charge in [-0.2, -0.15) is 0 Å². The Morgan fingerprint density at radius 2 is 1.94 bits per heavy atom. The molecular weight excluding hydrogens is 230 g/mol. The Kier molecular flexibility index (Phi) is 4.34. The van der Waals surface area contributed by atoms with E-state index in [1.165, 1.54) is 6.42 Å². The lowest BCUT2D eigenvalue weighted by Gasteiger charge is -2.22. The minimum absolute atomic E-state index is 0.0236. The molecule has 1 aliphatic rings. The van der Waals surface area contributed by atoms with Gasteiger partial charge in [0, 0.05) is 0 Å². The number of para-hydroxylation sites is 1. The van der Waals surface area contributed by atoms with Crippen molar-refractivity contribution in [3.05, 3.63) is 29.8 Å². The average Bonchev–Trinajstić information content (AvgIpc) is 2.41. The number of esters is 1. The molecule has 0 bridgehead atoms. The molecule has 0 spiro atoms. The average molecular weight is 247 g/mol. The zero-order valence-electron chi connectivity index (χ0n) is 10.2. The lowest BCUT2D eigenvalue weighted by atomic mass is 9.98. The van der Waals surface area contributed by atoms with E-state index in [1.807, 2.05) is 0 Å². The smallest absolute Gasteiger partial charge is 0.340 e. The van der Waals surface area contributed by atoms with Gasteiger partial charge in [-0.25, -0.2) is 4.79 Å². The minimum atomic E-state index is -0.355. The Balaban J connectivity index is 2.05. The number of nitrogens with one attached hydrogen (secondary N) is 1. The molecular formula is C14H17NO3. The number of anilines is 1. The van der Waals surface area contributed by atoms with Crippen LogP contribution in [0.4, 0.5) is 5.69 Å². The second-order valence-electron chi connectivity index (χ2n) is 4.47. The Labute approximate surface area is 106 Å². The van der Waals surface area contributed by atoms with E-state index in [4.69, 9.17) is 4.74 Å².